The Labute approximate surface area is 109 Å². The Kier molecular flexibility index (Phi) is 3.51. The smallest absolute Gasteiger partial charge is 0.335 e. The molecule has 6 nitrogen and oxygen atoms in total. The lowest BCUT2D eigenvalue weighted by molar-refractivity contribution is -0.115. The number of rotatable bonds is 3. The van der Waals surface area contributed by atoms with Crippen LogP contribution in [0.15, 0.2) is 42.7 Å². The highest BCUT2D eigenvalue weighted by molar-refractivity contribution is 5.97. The van der Waals surface area contributed by atoms with E-state index >= 15 is 0 Å². The molecule has 0 saturated carbocycles. The maximum atomic E-state index is 11.7. The van der Waals surface area contributed by atoms with E-state index in [9.17, 15) is 9.59 Å². The summed E-state index contributed by atoms with van der Waals surface area (Å²) in [7, 11) is 0. The molecule has 0 aliphatic carbocycles. The van der Waals surface area contributed by atoms with Crippen molar-refractivity contribution in [1.29, 1.82) is 0 Å². The molecular formula is C13H11N3O3. The number of amides is 1. The third-order valence-corrected chi connectivity index (χ3v) is 2.44. The number of nitrogens with zero attached hydrogens (tertiary/aromatic N) is 3. The third kappa shape index (κ3) is 2.74. The van der Waals surface area contributed by atoms with Crippen LogP contribution in [0.5, 0.6) is 0 Å². The lowest BCUT2D eigenvalue weighted by Gasteiger charge is -2.18. The number of anilines is 2. The number of carboxylic acid groups (broad SMARTS) is 1. The van der Waals surface area contributed by atoms with Gasteiger partial charge in [-0.2, -0.15) is 0 Å². The summed E-state index contributed by atoms with van der Waals surface area (Å²) in [5, 5.41) is 8.84. The molecule has 6 heteroatoms. The van der Waals surface area contributed by atoms with Gasteiger partial charge in [0.25, 0.3) is 0 Å². The molecule has 1 amide bonds. The van der Waals surface area contributed by atoms with Crippen molar-refractivity contribution in [3.63, 3.8) is 0 Å². The van der Waals surface area contributed by atoms with Gasteiger partial charge in [-0.15, -0.1) is 0 Å². The van der Waals surface area contributed by atoms with Crippen molar-refractivity contribution in [2.24, 2.45) is 0 Å². The normalized spacial score (nSPS) is 9.95. The molecule has 0 aliphatic heterocycles. The van der Waals surface area contributed by atoms with Gasteiger partial charge < -0.3 is 5.11 Å². The molecule has 96 valence electrons. The molecule has 1 N–H and O–H groups in total. The monoisotopic (exact) mass is 257 g/mol. The molecular weight excluding hydrogens is 246 g/mol. The highest BCUT2D eigenvalue weighted by Gasteiger charge is 2.16. The van der Waals surface area contributed by atoms with Crippen molar-refractivity contribution in [2.75, 3.05) is 4.90 Å². The van der Waals surface area contributed by atoms with Crippen LogP contribution in [0.4, 0.5) is 11.6 Å². The third-order valence-electron chi connectivity index (χ3n) is 2.44. The largest absolute Gasteiger partial charge is 0.478 e. The molecule has 1 heterocycles. The van der Waals surface area contributed by atoms with E-state index in [2.05, 4.69) is 9.97 Å². The van der Waals surface area contributed by atoms with Gasteiger partial charge in [0.05, 0.1) is 11.3 Å². The van der Waals surface area contributed by atoms with E-state index < -0.39 is 5.97 Å². The lowest BCUT2D eigenvalue weighted by Crippen LogP contribution is -2.24. The molecule has 0 unspecified atom stereocenters. The zero-order valence-corrected chi connectivity index (χ0v) is 10.1. The molecule has 19 heavy (non-hydrogen) atoms. The average molecular weight is 257 g/mol. The second-order valence-electron chi connectivity index (χ2n) is 3.76. The molecule has 0 bridgehead atoms. The Balaban J connectivity index is 2.40. The fourth-order valence-corrected chi connectivity index (χ4v) is 1.60. The van der Waals surface area contributed by atoms with Gasteiger partial charge in [0.2, 0.25) is 11.9 Å². The number of hydrogen-bond donors (Lipinski definition) is 1. The molecule has 2 aromatic rings. The second kappa shape index (κ2) is 5.26. The Hall–Kier alpha value is -2.76. The molecule has 0 aliphatic rings. The van der Waals surface area contributed by atoms with Gasteiger partial charge in [0.15, 0.2) is 0 Å². The molecule has 0 atom stereocenters. The number of carbonyl (C=O) groups is 2. The van der Waals surface area contributed by atoms with E-state index in [4.69, 9.17) is 5.11 Å². The van der Waals surface area contributed by atoms with Crippen LogP contribution >= 0.6 is 0 Å². The Bertz CT molecular complexity index is 596. The minimum Gasteiger partial charge on any atom is -0.478 e. The van der Waals surface area contributed by atoms with Gasteiger partial charge in [-0.25, -0.2) is 19.7 Å². The van der Waals surface area contributed by atoms with Crippen molar-refractivity contribution in [3.8, 4) is 0 Å². The molecule has 0 fully saturated rings. The summed E-state index contributed by atoms with van der Waals surface area (Å²) < 4.78 is 0. The van der Waals surface area contributed by atoms with Gasteiger partial charge >= 0.3 is 5.97 Å². The van der Waals surface area contributed by atoms with Crippen LogP contribution in [0, 0.1) is 0 Å². The van der Waals surface area contributed by atoms with Crippen molar-refractivity contribution in [3.05, 3.63) is 48.3 Å². The van der Waals surface area contributed by atoms with Crippen molar-refractivity contribution in [2.45, 2.75) is 6.92 Å². The van der Waals surface area contributed by atoms with E-state index in [0.717, 1.165) is 0 Å². The first-order valence-corrected chi connectivity index (χ1v) is 5.50. The number of hydrogen-bond acceptors (Lipinski definition) is 4. The fourth-order valence-electron chi connectivity index (χ4n) is 1.60. The summed E-state index contributed by atoms with van der Waals surface area (Å²) in [5.74, 6) is -1.02. The van der Waals surface area contributed by atoms with Crippen LogP contribution in [0.3, 0.4) is 0 Å². The van der Waals surface area contributed by atoms with Crippen LogP contribution in [0.1, 0.15) is 17.3 Å². The molecule has 0 saturated heterocycles. The van der Waals surface area contributed by atoms with E-state index in [1.807, 2.05) is 0 Å². The van der Waals surface area contributed by atoms with Gasteiger partial charge in [0.1, 0.15) is 0 Å². The molecule has 1 aromatic carbocycles. The number of carbonyl (C=O) groups excluding carboxylic acids is 1. The Morgan fingerprint density at radius 1 is 1.11 bits per heavy atom. The quantitative estimate of drug-likeness (QED) is 0.907. The van der Waals surface area contributed by atoms with E-state index in [0.29, 0.717) is 5.69 Å². The minimum absolute atomic E-state index is 0.154. The summed E-state index contributed by atoms with van der Waals surface area (Å²) >= 11 is 0. The van der Waals surface area contributed by atoms with Gasteiger partial charge in [0, 0.05) is 19.3 Å². The SMILES string of the molecule is CC(=O)N(c1ccc(C(=O)O)cc1)c1ncccn1. The van der Waals surface area contributed by atoms with Gasteiger partial charge in [-0.3, -0.25) is 4.79 Å². The first-order valence-electron chi connectivity index (χ1n) is 5.50. The maximum Gasteiger partial charge on any atom is 0.335 e. The second-order valence-corrected chi connectivity index (χ2v) is 3.76. The van der Waals surface area contributed by atoms with Crippen LogP contribution in [0.2, 0.25) is 0 Å². The summed E-state index contributed by atoms with van der Waals surface area (Å²) in [6.45, 7) is 1.39. The number of carboxylic acids is 1. The number of aromatic nitrogens is 2. The molecule has 0 radical (unpaired) electrons. The van der Waals surface area contributed by atoms with Gasteiger partial charge in [-0.1, -0.05) is 0 Å². The first kappa shape index (κ1) is 12.7. The first-order chi connectivity index (χ1) is 9.09. The topological polar surface area (TPSA) is 83.4 Å². The van der Waals surface area contributed by atoms with E-state index in [1.165, 1.54) is 36.4 Å². The summed E-state index contributed by atoms with van der Waals surface area (Å²) in [6.07, 6.45) is 3.06. The molecule has 1 aromatic heterocycles. The summed E-state index contributed by atoms with van der Waals surface area (Å²) in [6, 6.07) is 7.59. The Morgan fingerprint density at radius 3 is 2.16 bits per heavy atom. The minimum atomic E-state index is -1.02. The zero-order valence-electron chi connectivity index (χ0n) is 10.1. The molecule has 0 spiro atoms. The van der Waals surface area contributed by atoms with E-state index in [-0.39, 0.29) is 17.4 Å². The number of aromatic carboxylic acids is 1. The Morgan fingerprint density at radius 2 is 1.68 bits per heavy atom. The van der Waals surface area contributed by atoms with Crippen molar-refractivity contribution < 1.29 is 14.7 Å². The van der Waals surface area contributed by atoms with E-state index in [1.54, 1.807) is 18.2 Å². The highest BCUT2D eigenvalue weighted by Crippen LogP contribution is 2.22. The lowest BCUT2D eigenvalue weighted by atomic mass is 10.2. The van der Waals surface area contributed by atoms with Gasteiger partial charge in [-0.05, 0) is 30.3 Å². The standard InChI is InChI=1S/C13H11N3O3/c1-9(17)16(13-14-7-2-8-15-13)11-5-3-10(4-6-11)12(18)19/h2-8H,1H3,(H,18,19). The van der Waals surface area contributed by atoms with Crippen LogP contribution < -0.4 is 4.90 Å². The zero-order chi connectivity index (χ0) is 13.8. The summed E-state index contributed by atoms with van der Waals surface area (Å²) in [4.78, 5) is 31.8. The highest BCUT2D eigenvalue weighted by atomic mass is 16.4. The van der Waals surface area contributed by atoms with Crippen LogP contribution in [0.25, 0.3) is 0 Å². The number of benzene rings is 1. The van der Waals surface area contributed by atoms with Crippen LogP contribution in [-0.2, 0) is 4.79 Å². The van der Waals surface area contributed by atoms with Crippen molar-refractivity contribution in [1.82, 2.24) is 9.97 Å². The maximum absolute atomic E-state index is 11.7. The average Bonchev–Trinajstić information content (AvgIpc) is 2.40. The van der Waals surface area contributed by atoms with Crippen LogP contribution in [-0.4, -0.2) is 27.0 Å². The van der Waals surface area contributed by atoms with Crippen molar-refractivity contribution >= 4 is 23.5 Å². The predicted molar refractivity (Wildman–Crippen MR) is 68.3 cm³/mol. The molecule has 2 rings (SSSR count). The fraction of sp³-hybridized carbons (Fsp3) is 0.0769. The predicted octanol–water partition coefficient (Wildman–Crippen LogP) is 1.86. The summed E-state index contributed by atoms with van der Waals surface area (Å²) in [5.41, 5.74) is 0.671.